The molecule has 0 aliphatic rings. The van der Waals surface area contributed by atoms with Gasteiger partial charge in [-0.2, -0.15) is 0 Å². The zero-order valence-electron chi connectivity index (χ0n) is 10.8. The fraction of sp³-hybridized carbons (Fsp3) is 0.667. The third-order valence-electron chi connectivity index (χ3n) is 1.67. The van der Waals surface area contributed by atoms with Crippen LogP contribution in [0.1, 0.15) is 34.6 Å². The van der Waals surface area contributed by atoms with E-state index in [2.05, 4.69) is 11.2 Å². The number of nitrogens with one attached hydrogen (secondary N) is 1. The lowest BCUT2D eigenvalue weighted by Gasteiger charge is -2.22. The van der Waals surface area contributed by atoms with Gasteiger partial charge in [0, 0.05) is 5.92 Å². The third-order valence-corrected chi connectivity index (χ3v) is 1.67. The van der Waals surface area contributed by atoms with Crippen LogP contribution in [0, 0.1) is 17.8 Å². The molecule has 1 atom stereocenters. The highest BCUT2D eigenvalue weighted by Gasteiger charge is 2.20. The van der Waals surface area contributed by atoms with Crippen molar-refractivity contribution in [3.8, 4) is 11.8 Å². The van der Waals surface area contributed by atoms with Gasteiger partial charge in [0.2, 0.25) is 0 Å². The van der Waals surface area contributed by atoms with E-state index in [1.807, 2.05) is 19.8 Å². The van der Waals surface area contributed by atoms with Gasteiger partial charge in [0.05, 0.1) is 6.04 Å². The van der Waals surface area contributed by atoms with Crippen molar-refractivity contribution in [2.24, 2.45) is 5.92 Å². The molecule has 0 radical (unpaired) electrons. The molecule has 0 aliphatic carbocycles. The molecule has 0 saturated heterocycles. The predicted octanol–water partition coefficient (Wildman–Crippen LogP) is 1.62. The molecule has 0 saturated carbocycles. The third kappa shape index (κ3) is 8.14. The number of alkyl carbamates (subject to hydrolysis) is 1. The largest absolute Gasteiger partial charge is 0.472 e. The van der Waals surface area contributed by atoms with Crippen LogP contribution < -0.4 is 5.32 Å². The quantitative estimate of drug-likeness (QED) is 0.720. The number of carboxylic acid groups (broad SMARTS) is 1. The lowest BCUT2D eigenvalue weighted by atomic mass is 10.1. The van der Waals surface area contributed by atoms with Gasteiger partial charge in [-0.25, -0.2) is 9.59 Å². The molecular weight excluding hydrogens is 222 g/mol. The van der Waals surface area contributed by atoms with Crippen LogP contribution in [-0.4, -0.2) is 28.8 Å². The van der Waals surface area contributed by atoms with Gasteiger partial charge in [-0.3, -0.25) is 0 Å². The van der Waals surface area contributed by atoms with E-state index >= 15 is 0 Å². The van der Waals surface area contributed by atoms with Crippen molar-refractivity contribution < 1.29 is 19.4 Å². The molecule has 0 bridgehead atoms. The van der Waals surface area contributed by atoms with Gasteiger partial charge in [-0.1, -0.05) is 19.8 Å². The average Bonchev–Trinajstić information content (AvgIpc) is 2.08. The average molecular weight is 241 g/mol. The Morgan fingerprint density at radius 1 is 1.29 bits per heavy atom. The molecule has 5 heteroatoms. The van der Waals surface area contributed by atoms with E-state index in [0.29, 0.717) is 0 Å². The lowest BCUT2D eigenvalue weighted by molar-refractivity contribution is -0.130. The van der Waals surface area contributed by atoms with Crippen LogP contribution in [0.15, 0.2) is 0 Å². The second kappa shape index (κ2) is 6.14. The maximum Gasteiger partial charge on any atom is 0.408 e. The zero-order chi connectivity index (χ0) is 13.6. The second-order valence-corrected chi connectivity index (χ2v) is 4.94. The first kappa shape index (κ1) is 15.3. The zero-order valence-corrected chi connectivity index (χ0v) is 10.8. The normalized spacial score (nSPS) is 12.4. The molecule has 0 heterocycles. The van der Waals surface area contributed by atoms with Crippen LogP contribution in [0.25, 0.3) is 0 Å². The summed E-state index contributed by atoms with van der Waals surface area (Å²) in [6.45, 7) is 8.91. The van der Waals surface area contributed by atoms with Crippen LogP contribution in [0.4, 0.5) is 4.79 Å². The van der Waals surface area contributed by atoms with Crippen molar-refractivity contribution in [3.63, 3.8) is 0 Å². The van der Waals surface area contributed by atoms with Crippen molar-refractivity contribution in [3.05, 3.63) is 0 Å². The summed E-state index contributed by atoms with van der Waals surface area (Å²) in [5.74, 6) is 3.24. The first-order chi connectivity index (χ1) is 7.61. The Labute approximate surface area is 102 Å². The molecule has 17 heavy (non-hydrogen) atoms. The van der Waals surface area contributed by atoms with Crippen molar-refractivity contribution in [2.75, 3.05) is 0 Å². The molecule has 0 spiro atoms. The van der Waals surface area contributed by atoms with Gasteiger partial charge >= 0.3 is 12.1 Å². The summed E-state index contributed by atoms with van der Waals surface area (Å²) < 4.78 is 5.06. The first-order valence-electron chi connectivity index (χ1n) is 5.36. The summed E-state index contributed by atoms with van der Waals surface area (Å²) in [6, 6.07) is -0.541. The highest BCUT2D eigenvalue weighted by Crippen LogP contribution is 2.08. The van der Waals surface area contributed by atoms with Crippen LogP contribution in [0.3, 0.4) is 0 Å². The molecule has 0 rings (SSSR count). The SMILES string of the molecule is CC(C)[C@@H](C#CC(=O)O)NC(=O)OC(C)(C)C. The van der Waals surface area contributed by atoms with Gasteiger partial charge in [-0.05, 0) is 26.7 Å². The molecule has 96 valence electrons. The second-order valence-electron chi connectivity index (χ2n) is 4.94. The molecule has 0 aromatic carbocycles. The van der Waals surface area contributed by atoms with Crippen LogP contribution in [-0.2, 0) is 9.53 Å². The Bertz CT molecular complexity index is 344. The fourth-order valence-electron chi connectivity index (χ4n) is 0.943. The van der Waals surface area contributed by atoms with Crippen molar-refractivity contribution in [1.29, 1.82) is 0 Å². The fourth-order valence-corrected chi connectivity index (χ4v) is 0.943. The predicted molar refractivity (Wildman–Crippen MR) is 63.4 cm³/mol. The number of carbonyl (C=O) groups is 2. The number of hydrogen-bond donors (Lipinski definition) is 2. The molecule has 0 aromatic heterocycles. The minimum atomic E-state index is -1.22. The molecule has 0 unspecified atom stereocenters. The summed E-state index contributed by atoms with van der Waals surface area (Å²) in [6.07, 6.45) is -0.601. The van der Waals surface area contributed by atoms with E-state index in [4.69, 9.17) is 9.84 Å². The smallest absolute Gasteiger partial charge is 0.408 e. The molecule has 5 nitrogen and oxygen atoms in total. The van der Waals surface area contributed by atoms with Gasteiger partial charge in [0.1, 0.15) is 5.60 Å². The molecule has 2 N–H and O–H groups in total. The summed E-state index contributed by atoms with van der Waals surface area (Å²) in [7, 11) is 0. The number of aliphatic carboxylic acids is 1. The summed E-state index contributed by atoms with van der Waals surface area (Å²) >= 11 is 0. The monoisotopic (exact) mass is 241 g/mol. The lowest BCUT2D eigenvalue weighted by Crippen LogP contribution is -2.41. The van der Waals surface area contributed by atoms with Crippen molar-refractivity contribution in [1.82, 2.24) is 5.32 Å². The Morgan fingerprint density at radius 3 is 2.18 bits per heavy atom. The molecule has 0 aliphatic heterocycles. The number of carboxylic acids is 1. The van der Waals surface area contributed by atoms with E-state index in [9.17, 15) is 9.59 Å². The standard InChI is InChI=1S/C12H19NO4/c1-8(2)9(6-7-10(14)15)13-11(16)17-12(3,4)5/h8-9H,1-5H3,(H,13,16)(H,14,15)/t9-/m1/s1. The molecule has 0 aromatic rings. The minimum absolute atomic E-state index is 0.00521. The first-order valence-corrected chi connectivity index (χ1v) is 5.36. The van der Waals surface area contributed by atoms with Gasteiger partial charge < -0.3 is 15.2 Å². The number of rotatable bonds is 2. The number of amides is 1. The van der Waals surface area contributed by atoms with Crippen molar-refractivity contribution >= 4 is 12.1 Å². The minimum Gasteiger partial charge on any atom is -0.472 e. The Kier molecular flexibility index (Phi) is 5.52. The maximum absolute atomic E-state index is 11.5. The van der Waals surface area contributed by atoms with Gasteiger partial charge in [0.15, 0.2) is 0 Å². The summed E-state index contributed by atoms with van der Waals surface area (Å²) in [5, 5.41) is 11.0. The van der Waals surface area contributed by atoms with Crippen LogP contribution in [0.2, 0.25) is 0 Å². The van der Waals surface area contributed by atoms with Gasteiger partial charge in [-0.15, -0.1) is 0 Å². The Morgan fingerprint density at radius 2 is 1.82 bits per heavy atom. The Hall–Kier alpha value is -1.70. The van der Waals surface area contributed by atoms with E-state index in [1.165, 1.54) is 0 Å². The number of carbonyl (C=O) groups excluding carboxylic acids is 1. The Balaban J connectivity index is 4.53. The molecule has 1 amide bonds. The van der Waals surface area contributed by atoms with Gasteiger partial charge in [0.25, 0.3) is 0 Å². The highest BCUT2D eigenvalue weighted by atomic mass is 16.6. The molecule has 0 fully saturated rings. The summed E-state index contributed by atoms with van der Waals surface area (Å²) in [5.41, 5.74) is -0.591. The summed E-state index contributed by atoms with van der Waals surface area (Å²) in [4.78, 5) is 21.8. The number of ether oxygens (including phenoxy) is 1. The van der Waals surface area contributed by atoms with E-state index in [0.717, 1.165) is 0 Å². The molecular formula is C12H19NO4. The number of hydrogen-bond acceptors (Lipinski definition) is 3. The topological polar surface area (TPSA) is 75.6 Å². The van der Waals surface area contributed by atoms with Crippen LogP contribution >= 0.6 is 0 Å². The maximum atomic E-state index is 11.5. The highest BCUT2D eigenvalue weighted by molar-refractivity contribution is 5.86. The van der Waals surface area contributed by atoms with E-state index in [1.54, 1.807) is 20.8 Å². The van der Waals surface area contributed by atoms with Crippen molar-refractivity contribution in [2.45, 2.75) is 46.3 Å². The van der Waals surface area contributed by atoms with E-state index < -0.39 is 23.7 Å². The van der Waals surface area contributed by atoms with Crippen LogP contribution in [0.5, 0.6) is 0 Å². The van der Waals surface area contributed by atoms with E-state index in [-0.39, 0.29) is 5.92 Å².